The summed E-state index contributed by atoms with van der Waals surface area (Å²) < 4.78 is 0. The smallest absolute Gasteiger partial charge is 0.253 e. The fraction of sp³-hybridized carbons (Fsp3) is 0.438. The van der Waals surface area contributed by atoms with Crippen LogP contribution in [0.2, 0.25) is 0 Å². The zero-order valence-electron chi connectivity index (χ0n) is 11.6. The Balaban J connectivity index is 1.57. The fourth-order valence-corrected chi connectivity index (χ4v) is 2.93. The van der Waals surface area contributed by atoms with E-state index in [2.05, 4.69) is 15.6 Å². The maximum Gasteiger partial charge on any atom is 0.253 e. The van der Waals surface area contributed by atoms with Crippen LogP contribution in [0.4, 0.5) is 0 Å². The van der Waals surface area contributed by atoms with Gasteiger partial charge in [0.05, 0.1) is 11.1 Å². The van der Waals surface area contributed by atoms with E-state index >= 15 is 0 Å². The number of H-pyrrole nitrogens is 1. The van der Waals surface area contributed by atoms with Crippen LogP contribution in [0.5, 0.6) is 0 Å². The minimum absolute atomic E-state index is 0.0156. The lowest BCUT2D eigenvalue weighted by atomic mass is 9.96. The predicted molar refractivity (Wildman–Crippen MR) is 80.8 cm³/mol. The molecule has 1 fully saturated rings. The van der Waals surface area contributed by atoms with E-state index in [-0.39, 0.29) is 5.91 Å². The van der Waals surface area contributed by atoms with Gasteiger partial charge in [0.2, 0.25) is 0 Å². The minimum Gasteiger partial charge on any atom is -0.361 e. The molecule has 1 unspecified atom stereocenters. The summed E-state index contributed by atoms with van der Waals surface area (Å²) >= 11 is 0. The second kappa shape index (κ2) is 6.09. The molecule has 1 aromatic heterocycles. The van der Waals surface area contributed by atoms with Crippen LogP contribution >= 0.6 is 0 Å². The molecule has 2 heterocycles. The van der Waals surface area contributed by atoms with Crippen molar-refractivity contribution >= 4 is 16.8 Å². The van der Waals surface area contributed by atoms with Crippen molar-refractivity contribution in [3.63, 3.8) is 0 Å². The summed E-state index contributed by atoms with van der Waals surface area (Å²) in [6.45, 7) is 2.97. The van der Waals surface area contributed by atoms with Crippen molar-refractivity contribution < 1.29 is 4.79 Å². The molecule has 3 rings (SSSR count). The molecular formula is C16H21N3O. The Morgan fingerprint density at radius 1 is 1.35 bits per heavy atom. The molecule has 1 aromatic carbocycles. The molecular weight excluding hydrogens is 250 g/mol. The standard InChI is InChI=1S/C16H21N3O/c20-16(19-9-6-12-3-2-8-17-11-12)14-5-1-4-13-7-10-18-15(13)14/h1,4-5,7,10,12,17-18H,2-3,6,8-9,11H2,(H,19,20). The monoisotopic (exact) mass is 271 g/mol. The Bertz CT molecular complexity index is 584. The molecule has 0 spiro atoms. The second-order valence-corrected chi connectivity index (χ2v) is 5.50. The van der Waals surface area contributed by atoms with Crippen molar-refractivity contribution in [2.45, 2.75) is 19.3 Å². The molecule has 4 nitrogen and oxygen atoms in total. The molecule has 0 bridgehead atoms. The third-order valence-corrected chi connectivity index (χ3v) is 4.07. The van der Waals surface area contributed by atoms with Gasteiger partial charge in [0, 0.05) is 18.1 Å². The lowest BCUT2D eigenvalue weighted by molar-refractivity contribution is 0.0952. The van der Waals surface area contributed by atoms with Gasteiger partial charge in [-0.05, 0) is 50.4 Å². The fourth-order valence-electron chi connectivity index (χ4n) is 2.93. The Kier molecular flexibility index (Phi) is 4.02. The van der Waals surface area contributed by atoms with E-state index in [1.807, 2.05) is 30.5 Å². The second-order valence-electron chi connectivity index (χ2n) is 5.50. The van der Waals surface area contributed by atoms with Gasteiger partial charge < -0.3 is 15.6 Å². The summed E-state index contributed by atoms with van der Waals surface area (Å²) in [6, 6.07) is 7.79. The van der Waals surface area contributed by atoms with Gasteiger partial charge in [-0.3, -0.25) is 4.79 Å². The van der Waals surface area contributed by atoms with Crippen LogP contribution in [0.1, 0.15) is 29.6 Å². The van der Waals surface area contributed by atoms with Crippen LogP contribution in [-0.2, 0) is 0 Å². The molecule has 20 heavy (non-hydrogen) atoms. The van der Waals surface area contributed by atoms with Crippen LogP contribution < -0.4 is 10.6 Å². The Labute approximate surface area is 118 Å². The van der Waals surface area contributed by atoms with Crippen molar-refractivity contribution in [1.82, 2.24) is 15.6 Å². The molecule has 1 saturated heterocycles. The number of piperidine rings is 1. The van der Waals surface area contributed by atoms with Gasteiger partial charge >= 0.3 is 0 Å². The highest BCUT2D eigenvalue weighted by molar-refractivity contribution is 6.05. The highest BCUT2D eigenvalue weighted by Crippen LogP contribution is 2.17. The number of rotatable bonds is 4. The highest BCUT2D eigenvalue weighted by Gasteiger charge is 2.14. The summed E-state index contributed by atoms with van der Waals surface area (Å²) in [6.07, 6.45) is 5.45. The molecule has 106 valence electrons. The average molecular weight is 271 g/mol. The van der Waals surface area contributed by atoms with Crippen LogP contribution in [0.3, 0.4) is 0 Å². The third kappa shape index (κ3) is 2.85. The number of para-hydroxylation sites is 1. The maximum absolute atomic E-state index is 12.3. The largest absolute Gasteiger partial charge is 0.361 e. The highest BCUT2D eigenvalue weighted by atomic mass is 16.1. The van der Waals surface area contributed by atoms with Gasteiger partial charge in [0.15, 0.2) is 0 Å². The van der Waals surface area contributed by atoms with E-state index in [1.54, 1.807) is 0 Å². The molecule has 2 aromatic rings. The first-order valence-electron chi connectivity index (χ1n) is 7.39. The number of nitrogens with one attached hydrogen (secondary N) is 3. The quantitative estimate of drug-likeness (QED) is 0.799. The molecule has 3 N–H and O–H groups in total. The van der Waals surface area contributed by atoms with Crippen LogP contribution in [0.15, 0.2) is 30.5 Å². The van der Waals surface area contributed by atoms with Gasteiger partial charge in [0.25, 0.3) is 5.91 Å². The normalized spacial score (nSPS) is 19.1. The number of hydrogen-bond acceptors (Lipinski definition) is 2. The number of carbonyl (C=O) groups excluding carboxylic acids is 1. The SMILES string of the molecule is O=C(NCCC1CCCNC1)c1cccc2cc[nH]c12. The van der Waals surface area contributed by atoms with Gasteiger partial charge in [-0.25, -0.2) is 0 Å². The summed E-state index contributed by atoms with van der Waals surface area (Å²) in [5.41, 5.74) is 1.65. The summed E-state index contributed by atoms with van der Waals surface area (Å²) in [5.74, 6) is 0.715. The van der Waals surface area contributed by atoms with E-state index in [9.17, 15) is 4.79 Å². The van der Waals surface area contributed by atoms with Gasteiger partial charge in [-0.2, -0.15) is 0 Å². The van der Waals surface area contributed by atoms with Crippen LogP contribution in [-0.4, -0.2) is 30.5 Å². The number of amides is 1. The minimum atomic E-state index is 0.0156. The molecule has 0 aliphatic carbocycles. The number of carbonyl (C=O) groups is 1. The van der Waals surface area contributed by atoms with Gasteiger partial charge in [-0.1, -0.05) is 12.1 Å². The van der Waals surface area contributed by atoms with E-state index in [4.69, 9.17) is 0 Å². The topological polar surface area (TPSA) is 56.9 Å². The molecule has 4 heteroatoms. The Morgan fingerprint density at radius 3 is 3.15 bits per heavy atom. The summed E-state index contributed by atoms with van der Waals surface area (Å²) in [4.78, 5) is 15.4. The van der Waals surface area contributed by atoms with E-state index in [1.165, 1.54) is 12.8 Å². The average Bonchev–Trinajstić information content (AvgIpc) is 2.96. The van der Waals surface area contributed by atoms with Gasteiger partial charge in [-0.15, -0.1) is 0 Å². The van der Waals surface area contributed by atoms with Crippen molar-refractivity contribution in [2.24, 2.45) is 5.92 Å². The van der Waals surface area contributed by atoms with Crippen LogP contribution in [0, 0.1) is 5.92 Å². The van der Waals surface area contributed by atoms with Crippen molar-refractivity contribution in [1.29, 1.82) is 0 Å². The van der Waals surface area contributed by atoms with Crippen LogP contribution in [0.25, 0.3) is 10.9 Å². The lowest BCUT2D eigenvalue weighted by Gasteiger charge is -2.22. The Hall–Kier alpha value is -1.81. The number of benzene rings is 1. The first-order valence-corrected chi connectivity index (χ1v) is 7.39. The summed E-state index contributed by atoms with van der Waals surface area (Å²) in [5, 5.41) is 7.53. The number of aromatic nitrogens is 1. The molecule has 1 amide bonds. The van der Waals surface area contributed by atoms with Gasteiger partial charge in [0.1, 0.15) is 0 Å². The molecule has 1 aliphatic rings. The Morgan fingerprint density at radius 2 is 2.30 bits per heavy atom. The predicted octanol–water partition coefficient (Wildman–Crippen LogP) is 2.29. The van der Waals surface area contributed by atoms with E-state index < -0.39 is 0 Å². The lowest BCUT2D eigenvalue weighted by Crippen LogP contribution is -2.33. The third-order valence-electron chi connectivity index (χ3n) is 4.07. The maximum atomic E-state index is 12.3. The first-order chi connectivity index (χ1) is 9.84. The van der Waals surface area contributed by atoms with Crippen molar-refractivity contribution in [3.05, 3.63) is 36.0 Å². The summed E-state index contributed by atoms with van der Waals surface area (Å²) in [7, 11) is 0. The van der Waals surface area contributed by atoms with Crippen molar-refractivity contribution in [2.75, 3.05) is 19.6 Å². The molecule has 0 saturated carbocycles. The number of aromatic amines is 1. The molecule has 1 aliphatic heterocycles. The number of hydrogen-bond donors (Lipinski definition) is 3. The van der Waals surface area contributed by atoms with Crippen molar-refractivity contribution in [3.8, 4) is 0 Å². The first kappa shape index (κ1) is 13.2. The molecule has 1 atom stereocenters. The zero-order valence-corrected chi connectivity index (χ0v) is 11.6. The number of fused-ring (bicyclic) bond motifs is 1. The van der Waals surface area contributed by atoms with E-state index in [0.717, 1.165) is 42.5 Å². The molecule has 0 radical (unpaired) electrons. The zero-order chi connectivity index (χ0) is 13.8. The van der Waals surface area contributed by atoms with E-state index in [0.29, 0.717) is 5.92 Å².